The van der Waals surface area contributed by atoms with Gasteiger partial charge in [0.15, 0.2) is 5.82 Å². The number of likely N-dealkylation sites (tertiary alicyclic amines) is 1. The topological polar surface area (TPSA) is 131 Å². The molecule has 0 atom stereocenters. The largest absolute Gasteiger partial charge is 0.393 e. The molecule has 0 aliphatic carbocycles. The van der Waals surface area contributed by atoms with Crippen LogP contribution in [0.15, 0.2) is 53.5 Å². The molecule has 2 heterocycles. The number of aliphatic hydroxyl groups excluding tert-OH is 1. The molecule has 2 amide bonds. The lowest BCUT2D eigenvalue weighted by atomic mass is 10.00. The highest BCUT2D eigenvalue weighted by Crippen LogP contribution is 2.25. The summed E-state index contributed by atoms with van der Waals surface area (Å²) >= 11 is 0. The molecular formula is C25H27N5O4. The number of nitrogens with one attached hydrogen (secondary N) is 1. The van der Waals surface area contributed by atoms with Gasteiger partial charge in [-0.1, -0.05) is 12.1 Å². The number of carbonyl (C=O) groups excluding carboxylic acids is 2. The molecule has 3 aromatic rings. The van der Waals surface area contributed by atoms with Crippen LogP contribution in [0.4, 0.5) is 11.5 Å². The molecule has 9 nitrogen and oxygen atoms in total. The van der Waals surface area contributed by atoms with Crippen LogP contribution in [0.5, 0.6) is 0 Å². The molecule has 34 heavy (non-hydrogen) atoms. The van der Waals surface area contributed by atoms with Crippen LogP contribution in [0.1, 0.15) is 39.1 Å². The van der Waals surface area contributed by atoms with E-state index >= 15 is 0 Å². The van der Waals surface area contributed by atoms with Gasteiger partial charge < -0.3 is 25.6 Å². The number of benzene rings is 2. The molecule has 9 heteroatoms. The minimum atomic E-state index is -0.530. The zero-order valence-electron chi connectivity index (χ0n) is 19.1. The van der Waals surface area contributed by atoms with Crippen molar-refractivity contribution in [3.63, 3.8) is 0 Å². The van der Waals surface area contributed by atoms with Crippen LogP contribution in [-0.2, 0) is 7.05 Å². The zero-order valence-corrected chi connectivity index (χ0v) is 19.1. The third-order valence-electron chi connectivity index (χ3n) is 6.09. The van der Waals surface area contributed by atoms with Crippen molar-refractivity contribution >= 4 is 23.3 Å². The summed E-state index contributed by atoms with van der Waals surface area (Å²) in [5.41, 5.74) is 8.58. The van der Waals surface area contributed by atoms with Gasteiger partial charge in [0.05, 0.1) is 11.8 Å². The van der Waals surface area contributed by atoms with Crippen molar-refractivity contribution in [2.24, 2.45) is 12.8 Å². The van der Waals surface area contributed by atoms with E-state index in [1.165, 1.54) is 4.57 Å². The van der Waals surface area contributed by atoms with E-state index in [2.05, 4.69) is 10.3 Å². The number of nitrogens with zero attached hydrogens (tertiary/aromatic N) is 3. The average molecular weight is 462 g/mol. The first-order valence-electron chi connectivity index (χ1n) is 11.1. The SMILES string of the molecule is Cc1c(C(N)=O)cccc1-c1cn(C)c(=O)c(Nc2ccc(C(=O)N3CCC(O)CC3)cc2)n1. The number of aliphatic hydroxyl groups is 1. The van der Waals surface area contributed by atoms with Gasteiger partial charge in [-0.25, -0.2) is 4.98 Å². The highest BCUT2D eigenvalue weighted by atomic mass is 16.3. The Morgan fingerprint density at radius 1 is 1.12 bits per heavy atom. The van der Waals surface area contributed by atoms with Gasteiger partial charge in [-0.05, 0) is 55.7 Å². The van der Waals surface area contributed by atoms with E-state index in [1.54, 1.807) is 61.5 Å². The fraction of sp³-hybridized carbons (Fsp3) is 0.280. The van der Waals surface area contributed by atoms with Crippen LogP contribution < -0.4 is 16.6 Å². The number of primary amides is 1. The van der Waals surface area contributed by atoms with Crippen molar-refractivity contribution in [3.8, 4) is 11.3 Å². The van der Waals surface area contributed by atoms with E-state index < -0.39 is 5.91 Å². The van der Waals surface area contributed by atoms with E-state index in [4.69, 9.17) is 5.73 Å². The molecule has 4 rings (SSSR count). The van der Waals surface area contributed by atoms with Crippen molar-refractivity contribution < 1.29 is 14.7 Å². The van der Waals surface area contributed by atoms with Gasteiger partial charge in [-0.15, -0.1) is 0 Å². The van der Waals surface area contributed by atoms with Crippen molar-refractivity contribution in [1.82, 2.24) is 14.5 Å². The smallest absolute Gasteiger partial charge is 0.293 e. The van der Waals surface area contributed by atoms with Crippen molar-refractivity contribution in [2.45, 2.75) is 25.9 Å². The molecule has 0 spiro atoms. The lowest BCUT2D eigenvalue weighted by Crippen LogP contribution is -2.40. The van der Waals surface area contributed by atoms with Crippen LogP contribution in [0.25, 0.3) is 11.3 Å². The minimum Gasteiger partial charge on any atom is -0.393 e. The first kappa shape index (κ1) is 23.2. The van der Waals surface area contributed by atoms with Gasteiger partial charge >= 0.3 is 0 Å². The second-order valence-corrected chi connectivity index (χ2v) is 8.46. The Balaban J connectivity index is 1.58. The fourth-order valence-corrected chi connectivity index (χ4v) is 4.08. The summed E-state index contributed by atoms with van der Waals surface area (Å²) < 4.78 is 1.42. The van der Waals surface area contributed by atoms with Crippen molar-refractivity contribution in [3.05, 3.63) is 75.7 Å². The summed E-state index contributed by atoms with van der Waals surface area (Å²) in [7, 11) is 1.63. The molecule has 0 bridgehead atoms. The van der Waals surface area contributed by atoms with Gasteiger partial charge in [0, 0.05) is 48.7 Å². The number of nitrogens with two attached hydrogens (primary N) is 1. The number of aromatic nitrogens is 2. The number of hydrogen-bond donors (Lipinski definition) is 3. The molecule has 1 fully saturated rings. The second kappa shape index (κ2) is 9.48. The molecule has 1 aromatic heterocycles. The molecule has 1 aliphatic heterocycles. The van der Waals surface area contributed by atoms with Crippen molar-refractivity contribution in [1.29, 1.82) is 0 Å². The van der Waals surface area contributed by atoms with Gasteiger partial charge in [0.2, 0.25) is 5.91 Å². The predicted molar refractivity (Wildman–Crippen MR) is 129 cm³/mol. The molecule has 4 N–H and O–H groups in total. The lowest BCUT2D eigenvalue weighted by molar-refractivity contribution is 0.0546. The predicted octanol–water partition coefficient (Wildman–Crippen LogP) is 2.20. The van der Waals surface area contributed by atoms with E-state index in [9.17, 15) is 19.5 Å². The quantitative estimate of drug-likeness (QED) is 0.534. The number of piperidine rings is 1. The number of amides is 2. The average Bonchev–Trinajstić information content (AvgIpc) is 2.82. The zero-order chi connectivity index (χ0) is 24.4. The Morgan fingerprint density at radius 2 is 1.79 bits per heavy atom. The van der Waals surface area contributed by atoms with E-state index in [1.807, 2.05) is 6.07 Å². The molecule has 176 valence electrons. The van der Waals surface area contributed by atoms with Crippen LogP contribution in [-0.4, -0.2) is 50.6 Å². The Bertz CT molecular complexity index is 1290. The van der Waals surface area contributed by atoms with Crippen LogP contribution >= 0.6 is 0 Å². The summed E-state index contributed by atoms with van der Waals surface area (Å²) in [5, 5.41) is 12.7. The summed E-state index contributed by atoms with van der Waals surface area (Å²) in [4.78, 5) is 43.4. The minimum absolute atomic E-state index is 0.0840. The maximum absolute atomic E-state index is 12.7. The number of hydrogen-bond acceptors (Lipinski definition) is 6. The third kappa shape index (κ3) is 4.69. The van der Waals surface area contributed by atoms with Crippen LogP contribution in [0.2, 0.25) is 0 Å². The normalized spacial score (nSPS) is 14.1. The Morgan fingerprint density at radius 3 is 2.44 bits per heavy atom. The lowest BCUT2D eigenvalue weighted by Gasteiger charge is -2.29. The standard InChI is InChI=1S/C25H27N5O4/c1-15-19(4-3-5-20(15)22(26)32)21-14-29(2)25(34)23(28-21)27-17-8-6-16(7-9-17)24(33)30-12-10-18(31)11-13-30/h3-9,14,18,31H,10-13H2,1-2H3,(H2,26,32)(H,27,28). The van der Waals surface area contributed by atoms with Gasteiger partial charge in [0.1, 0.15) is 0 Å². The summed E-state index contributed by atoms with van der Waals surface area (Å²) in [6.07, 6.45) is 2.43. The van der Waals surface area contributed by atoms with Crippen LogP contribution in [0.3, 0.4) is 0 Å². The number of anilines is 2. The van der Waals surface area contributed by atoms with Gasteiger partial charge in [-0.2, -0.15) is 0 Å². The number of carbonyl (C=O) groups is 2. The molecular weight excluding hydrogens is 434 g/mol. The summed E-state index contributed by atoms with van der Waals surface area (Å²) in [6.45, 7) is 2.85. The highest BCUT2D eigenvalue weighted by Gasteiger charge is 2.22. The van der Waals surface area contributed by atoms with E-state index in [0.717, 1.165) is 0 Å². The summed E-state index contributed by atoms with van der Waals surface area (Å²) in [6, 6.07) is 12.0. The molecule has 2 aromatic carbocycles. The fourth-order valence-electron chi connectivity index (χ4n) is 4.08. The second-order valence-electron chi connectivity index (χ2n) is 8.46. The Hall–Kier alpha value is -3.98. The molecule has 0 saturated carbocycles. The van der Waals surface area contributed by atoms with E-state index in [-0.39, 0.29) is 23.4 Å². The third-order valence-corrected chi connectivity index (χ3v) is 6.09. The van der Waals surface area contributed by atoms with Gasteiger partial charge in [0.25, 0.3) is 11.5 Å². The Labute approximate surface area is 196 Å². The highest BCUT2D eigenvalue weighted by molar-refractivity contribution is 5.96. The first-order valence-corrected chi connectivity index (χ1v) is 11.1. The molecule has 0 radical (unpaired) electrons. The van der Waals surface area contributed by atoms with Crippen molar-refractivity contribution in [2.75, 3.05) is 18.4 Å². The van der Waals surface area contributed by atoms with Gasteiger partial charge in [-0.3, -0.25) is 14.4 Å². The molecule has 0 unspecified atom stereocenters. The number of rotatable bonds is 5. The summed E-state index contributed by atoms with van der Waals surface area (Å²) in [5.74, 6) is -0.495. The Kier molecular flexibility index (Phi) is 6.47. The molecule has 1 saturated heterocycles. The van der Waals surface area contributed by atoms with E-state index in [0.29, 0.717) is 59.6 Å². The maximum atomic E-state index is 12.7. The monoisotopic (exact) mass is 461 g/mol. The first-order chi connectivity index (χ1) is 16.2. The maximum Gasteiger partial charge on any atom is 0.293 e. The van der Waals surface area contributed by atoms with Crippen LogP contribution in [0, 0.1) is 6.92 Å². The number of aryl methyl sites for hydroxylation is 1. The molecule has 1 aliphatic rings.